The van der Waals surface area contributed by atoms with Gasteiger partial charge in [-0.05, 0) is 56.2 Å². The van der Waals surface area contributed by atoms with Gasteiger partial charge in [-0.2, -0.15) is 0 Å². The highest BCUT2D eigenvalue weighted by Gasteiger charge is 2.35. The summed E-state index contributed by atoms with van der Waals surface area (Å²) in [5.74, 6) is -1.82. The van der Waals surface area contributed by atoms with Crippen molar-refractivity contribution in [2.75, 3.05) is 26.3 Å². The van der Waals surface area contributed by atoms with Crippen LogP contribution in [0.1, 0.15) is 44.1 Å². The molecule has 2 amide bonds. The van der Waals surface area contributed by atoms with Crippen molar-refractivity contribution < 1.29 is 28.6 Å². The summed E-state index contributed by atoms with van der Waals surface area (Å²) < 4.78 is 18.9. The van der Waals surface area contributed by atoms with Gasteiger partial charge in [-0.15, -0.1) is 0 Å². The minimum absolute atomic E-state index is 0.0549. The Balaban J connectivity index is 1.72. The Morgan fingerprint density at radius 2 is 1.94 bits per heavy atom. The lowest BCUT2D eigenvalue weighted by Gasteiger charge is -2.28. The first kappa shape index (κ1) is 24.9. The first-order valence-corrected chi connectivity index (χ1v) is 11.7. The molecule has 3 rings (SSSR count). The molecule has 33 heavy (non-hydrogen) atoms. The van der Waals surface area contributed by atoms with E-state index in [1.54, 1.807) is 17.0 Å². The molecular formula is C25H33FN2O5. The number of nitrogens with one attached hydrogen (secondary N) is 1. The molecule has 3 atom stereocenters. The number of benzene rings is 1. The van der Waals surface area contributed by atoms with Gasteiger partial charge in [0.1, 0.15) is 12.4 Å². The molecule has 1 fully saturated rings. The Labute approximate surface area is 194 Å². The first-order valence-electron chi connectivity index (χ1n) is 11.7. The van der Waals surface area contributed by atoms with Crippen LogP contribution in [0.2, 0.25) is 0 Å². The first-order chi connectivity index (χ1) is 16.0. The van der Waals surface area contributed by atoms with E-state index in [-0.39, 0.29) is 61.7 Å². The fraction of sp³-hybridized carbons (Fsp3) is 0.560. The number of aliphatic hydroxyl groups excluding tert-OH is 1. The van der Waals surface area contributed by atoms with Crippen molar-refractivity contribution in [2.45, 2.75) is 51.0 Å². The van der Waals surface area contributed by atoms with Crippen LogP contribution in [0.5, 0.6) is 0 Å². The van der Waals surface area contributed by atoms with Gasteiger partial charge in [-0.25, -0.2) is 4.39 Å². The SMILES string of the molecule is O=C(C[C@H]1C/C=C\CC[C@@H](Cc2ccc(F)cc2)C(=O)OC[C@H]2CCCN2C1=O)NCCO. The number of carbonyl (C=O) groups is 3. The number of hydrogen-bond donors (Lipinski definition) is 2. The lowest BCUT2D eigenvalue weighted by Crippen LogP contribution is -2.43. The third kappa shape index (κ3) is 7.39. The summed E-state index contributed by atoms with van der Waals surface area (Å²) in [6.45, 7) is 0.732. The highest BCUT2D eigenvalue weighted by atomic mass is 19.1. The van der Waals surface area contributed by atoms with E-state index in [0.717, 1.165) is 18.4 Å². The van der Waals surface area contributed by atoms with E-state index >= 15 is 0 Å². The predicted molar refractivity (Wildman–Crippen MR) is 120 cm³/mol. The van der Waals surface area contributed by atoms with E-state index < -0.39 is 5.92 Å². The van der Waals surface area contributed by atoms with Crippen LogP contribution in [0, 0.1) is 17.7 Å². The molecule has 1 saturated heterocycles. The number of cyclic esters (lactones) is 1. The number of amides is 2. The number of rotatable bonds is 6. The molecule has 2 heterocycles. The molecule has 0 saturated carbocycles. The molecule has 2 N–H and O–H groups in total. The van der Waals surface area contributed by atoms with Gasteiger partial charge in [0.05, 0.1) is 24.5 Å². The van der Waals surface area contributed by atoms with E-state index in [1.807, 2.05) is 12.2 Å². The van der Waals surface area contributed by atoms with Crippen molar-refractivity contribution in [2.24, 2.45) is 11.8 Å². The monoisotopic (exact) mass is 460 g/mol. The fourth-order valence-electron chi connectivity index (χ4n) is 4.48. The Kier molecular flexibility index (Phi) is 9.42. The van der Waals surface area contributed by atoms with E-state index in [9.17, 15) is 18.8 Å². The number of fused-ring (bicyclic) bond motifs is 1. The van der Waals surface area contributed by atoms with Gasteiger partial charge in [0.25, 0.3) is 0 Å². The molecule has 1 aromatic rings. The van der Waals surface area contributed by atoms with Crippen LogP contribution in [0.3, 0.4) is 0 Å². The molecule has 8 heteroatoms. The van der Waals surface area contributed by atoms with Crippen molar-refractivity contribution in [1.29, 1.82) is 0 Å². The Hall–Kier alpha value is -2.74. The van der Waals surface area contributed by atoms with Crippen LogP contribution in [0.4, 0.5) is 4.39 Å². The summed E-state index contributed by atoms with van der Waals surface area (Å²) in [5.41, 5.74) is 0.873. The van der Waals surface area contributed by atoms with Gasteiger partial charge in [-0.3, -0.25) is 14.4 Å². The zero-order valence-electron chi connectivity index (χ0n) is 18.9. The van der Waals surface area contributed by atoms with Crippen molar-refractivity contribution in [1.82, 2.24) is 10.2 Å². The summed E-state index contributed by atoms with van der Waals surface area (Å²) in [7, 11) is 0. The van der Waals surface area contributed by atoms with Crippen LogP contribution in [-0.4, -0.2) is 60.1 Å². The Morgan fingerprint density at radius 3 is 2.70 bits per heavy atom. The molecule has 0 radical (unpaired) electrons. The van der Waals surface area contributed by atoms with Crippen molar-refractivity contribution >= 4 is 17.8 Å². The molecule has 0 aliphatic carbocycles. The number of nitrogens with zero attached hydrogens (tertiary/aromatic N) is 1. The number of ether oxygens (including phenoxy) is 1. The normalized spacial score (nSPS) is 25.3. The smallest absolute Gasteiger partial charge is 0.309 e. The molecule has 2 aliphatic rings. The molecule has 2 aliphatic heterocycles. The topological polar surface area (TPSA) is 95.9 Å². The van der Waals surface area contributed by atoms with Gasteiger partial charge >= 0.3 is 5.97 Å². The van der Waals surface area contributed by atoms with Gasteiger partial charge in [0, 0.05) is 19.5 Å². The minimum atomic E-state index is -0.494. The van der Waals surface area contributed by atoms with Crippen LogP contribution < -0.4 is 5.32 Å². The predicted octanol–water partition coefficient (Wildman–Crippen LogP) is 2.37. The lowest BCUT2D eigenvalue weighted by molar-refractivity contribution is -0.152. The zero-order valence-corrected chi connectivity index (χ0v) is 18.9. The second-order valence-electron chi connectivity index (χ2n) is 8.74. The summed E-state index contributed by atoms with van der Waals surface area (Å²) in [6, 6.07) is 5.95. The molecule has 180 valence electrons. The average molecular weight is 461 g/mol. The van der Waals surface area contributed by atoms with E-state index in [4.69, 9.17) is 9.84 Å². The molecule has 0 unspecified atom stereocenters. The maximum absolute atomic E-state index is 13.2. The largest absolute Gasteiger partial charge is 0.463 e. The van der Waals surface area contributed by atoms with Crippen LogP contribution in [0.25, 0.3) is 0 Å². The summed E-state index contributed by atoms with van der Waals surface area (Å²) in [4.78, 5) is 40.1. The quantitative estimate of drug-likeness (QED) is 0.502. The third-order valence-corrected chi connectivity index (χ3v) is 6.29. The second-order valence-corrected chi connectivity index (χ2v) is 8.74. The van der Waals surface area contributed by atoms with Crippen molar-refractivity contribution in [3.63, 3.8) is 0 Å². The van der Waals surface area contributed by atoms with Gasteiger partial charge < -0.3 is 20.1 Å². The number of carbonyl (C=O) groups excluding carboxylic acids is 3. The van der Waals surface area contributed by atoms with Gasteiger partial charge in [0.2, 0.25) is 11.8 Å². The summed E-state index contributed by atoms with van der Waals surface area (Å²) >= 11 is 0. The maximum atomic E-state index is 13.2. The molecule has 1 aromatic carbocycles. The second kappa shape index (κ2) is 12.5. The zero-order chi connectivity index (χ0) is 23.6. The number of hydrogen-bond acceptors (Lipinski definition) is 5. The maximum Gasteiger partial charge on any atom is 0.309 e. The highest BCUT2D eigenvalue weighted by Crippen LogP contribution is 2.25. The molecule has 0 spiro atoms. The Morgan fingerprint density at radius 1 is 1.15 bits per heavy atom. The van der Waals surface area contributed by atoms with E-state index in [2.05, 4.69) is 5.32 Å². The molecule has 0 aromatic heterocycles. The highest BCUT2D eigenvalue weighted by molar-refractivity contribution is 5.86. The van der Waals surface area contributed by atoms with Crippen molar-refractivity contribution in [3.8, 4) is 0 Å². The molecular weight excluding hydrogens is 427 g/mol. The fourth-order valence-corrected chi connectivity index (χ4v) is 4.48. The molecule has 7 nitrogen and oxygen atoms in total. The lowest BCUT2D eigenvalue weighted by atomic mass is 9.94. The van der Waals surface area contributed by atoms with E-state index in [1.165, 1.54) is 12.1 Å². The minimum Gasteiger partial charge on any atom is -0.463 e. The Bertz CT molecular complexity index is 842. The van der Waals surface area contributed by atoms with Crippen LogP contribution >= 0.6 is 0 Å². The summed E-state index contributed by atoms with van der Waals surface area (Å²) in [5, 5.41) is 11.5. The van der Waals surface area contributed by atoms with Gasteiger partial charge in [-0.1, -0.05) is 24.3 Å². The standard InChI is InChI=1S/C25H33FN2O5/c26-21-10-8-18(9-11-21)15-20-6-3-1-2-5-19(16-23(30)27-12-14-29)24(31)28-13-4-7-22(28)17-33-25(20)32/h1-2,8-11,19-20,22,29H,3-7,12-17H2,(H,27,30)/b2-1-/t19-,20+,22-/m1/s1. The number of esters is 1. The number of allylic oxidation sites excluding steroid dienone is 2. The third-order valence-electron chi connectivity index (χ3n) is 6.29. The summed E-state index contributed by atoms with van der Waals surface area (Å²) in [6.07, 6.45) is 7.59. The van der Waals surface area contributed by atoms with Crippen LogP contribution in [0.15, 0.2) is 36.4 Å². The van der Waals surface area contributed by atoms with Gasteiger partial charge in [0.15, 0.2) is 0 Å². The average Bonchev–Trinajstić information content (AvgIpc) is 3.28. The van der Waals surface area contributed by atoms with Crippen molar-refractivity contribution in [3.05, 3.63) is 47.8 Å². The molecule has 0 bridgehead atoms. The number of halogens is 1. The number of aliphatic hydroxyl groups is 1. The van der Waals surface area contributed by atoms with Crippen LogP contribution in [-0.2, 0) is 25.5 Å². The van der Waals surface area contributed by atoms with E-state index in [0.29, 0.717) is 32.2 Å².